The van der Waals surface area contributed by atoms with Gasteiger partial charge in [0.1, 0.15) is 11.1 Å². The second-order valence-corrected chi connectivity index (χ2v) is 4.97. The van der Waals surface area contributed by atoms with Crippen LogP contribution < -0.4 is 0 Å². The molecule has 1 aliphatic heterocycles. The van der Waals surface area contributed by atoms with E-state index >= 15 is 0 Å². The highest BCUT2D eigenvalue weighted by molar-refractivity contribution is 6.32. The summed E-state index contributed by atoms with van der Waals surface area (Å²) in [6, 6.07) is 0. The van der Waals surface area contributed by atoms with Gasteiger partial charge in [0.25, 0.3) is 11.8 Å². The third kappa shape index (κ3) is 1.28. The Morgan fingerprint density at radius 1 is 0.857 bits per heavy atom. The molecule has 80 valence electrons. The van der Waals surface area contributed by atoms with Gasteiger partial charge in [0.2, 0.25) is 0 Å². The van der Waals surface area contributed by atoms with Crippen molar-refractivity contribution in [2.45, 2.75) is 38.8 Å². The van der Waals surface area contributed by atoms with Gasteiger partial charge in [-0.25, -0.2) is 8.84 Å². The summed E-state index contributed by atoms with van der Waals surface area (Å²) in [5, 5.41) is 0. The molecule has 0 bridgehead atoms. The third-order valence-electron chi connectivity index (χ3n) is 2.38. The smallest absolute Gasteiger partial charge is 0.264 e. The van der Waals surface area contributed by atoms with Crippen LogP contribution in [-0.4, -0.2) is 31.7 Å². The van der Waals surface area contributed by atoms with E-state index in [4.69, 9.17) is 23.6 Å². The van der Waals surface area contributed by atoms with Crippen molar-refractivity contribution in [3.63, 3.8) is 0 Å². The van der Waals surface area contributed by atoms with Crippen LogP contribution in [-0.2, 0) is 9.59 Å². The Labute approximate surface area is 93.0 Å². The largest absolute Gasteiger partial charge is 0.271 e. The summed E-state index contributed by atoms with van der Waals surface area (Å²) < 4.78 is 1.82. The number of piperazine rings is 1. The predicted octanol–water partition coefficient (Wildman–Crippen LogP) is 1.52. The molecule has 0 aromatic carbocycles. The Hall–Kier alpha value is -0.480. The summed E-state index contributed by atoms with van der Waals surface area (Å²) in [4.78, 5) is 23.5. The molecule has 0 atom stereocenters. The molecule has 6 heteroatoms. The number of hydrogen-bond donors (Lipinski definition) is 0. The molecule has 2 amide bonds. The lowest BCUT2D eigenvalue weighted by molar-refractivity contribution is -0.160. The third-order valence-corrected chi connectivity index (χ3v) is 3.54. The van der Waals surface area contributed by atoms with Gasteiger partial charge in [0.15, 0.2) is 0 Å². The molecule has 1 fully saturated rings. The van der Waals surface area contributed by atoms with Crippen molar-refractivity contribution in [2.75, 3.05) is 0 Å². The zero-order chi connectivity index (χ0) is 11.3. The number of rotatable bonds is 0. The highest BCUT2D eigenvalue weighted by Crippen LogP contribution is 2.35. The van der Waals surface area contributed by atoms with Crippen molar-refractivity contribution in [3.8, 4) is 0 Å². The molecular formula is C8H12Cl2N2O2. The van der Waals surface area contributed by atoms with E-state index in [9.17, 15) is 9.59 Å². The monoisotopic (exact) mass is 238 g/mol. The fraction of sp³-hybridized carbons (Fsp3) is 0.750. The van der Waals surface area contributed by atoms with Gasteiger partial charge in [-0.1, -0.05) is 0 Å². The normalized spacial score (nSPS) is 25.6. The van der Waals surface area contributed by atoms with Gasteiger partial charge < -0.3 is 0 Å². The molecule has 1 heterocycles. The van der Waals surface area contributed by atoms with E-state index in [1.54, 1.807) is 27.7 Å². The SMILES string of the molecule is CC1(C)C(=O)N(Cl)C(C)(C)C(=O)N1Cl. The maximum atomic E-state index is 11.7. The minimum atomic E-state index is -1.10. The number of carbonyl (C=O) groups is 2. The molecule has 1 saturated heterocycles. The first-order valence-corrected chi connectivity index (χ1v) is 4.82. The second kappa shape index (κ2) is 3.00. The molecule has 0 aromatic rings. The Balaban J connectivity index is 3.21. The maximum Gasteiger partial charge on any atom is 0.264 e. The Morgan fingerprint density at radius 3 is 1.29 bits per heavy atom. The summed E-state index contributed by atoms with van der Waals surface area (Å²) >= 11 is 11.6. The lowest BCUT2D eigenvalue weighted by Gasteiger charge is -2.46. The van der Waals surface area contributed by atoms with Gasteiger partial charge in [-0.05, 0) is 27.7 Å². The first-order chi connectivity index (χ1) is 6.13. The molecule has 4 nitrogen and oxygen atoms in total. The molecule has 0 aliphatic carbocycles. The van der Waals surface area contributed by atoms with Gasteiger partial charge in [-0.3, -0.25) is 9.59 Å². The zero-order valence-electron chi connectivity index (χ0n) is 8.47. The van der Waals surface area contributed by atoms with Crippen LogP contribution in [0.2, 0.25) is 0 Å². The maximum absolute atomic E-state index is 11.7. The van der Waals surface area contributed by atoms with Crippen LogP contribution in [0.5, 0.6) is 0 Å². The minimum Gasteiger partial charge on any atom is -0.271 e. The van der Waals surface area contributed by atoms with Crippen LogP contribution in [0.15, 0.2) is 0 Å². The molecule has 0 saturated carbocycles. The van der Waals surface area contributed by atoms with Gasteiger partial charge in [-0.2, -0.15) is 0 Å². The molecule has 0 aromatic heterocycles. The summed E-state index contributed by atoms with van der Waals surface area (Å²) in [7, 11) is 0. The van der Waals surface area contributed by atoms with E-state index in [0.29, 0.717) is 0 Å². The zero-order valence-corrected chi connectivity index (χ0v) is 9.98. The molecule has 14 heavy (non-hydrogen) atoms. The first kappa shape index (κ1) is 11.6. The van der Waals surface area contributed by atoms with Crippen molar-refractivity contribution in [2.24, 2.45) is 0 Å². The summed E-state index contributed by atoms with van der Waals surface area (Å²) in [5.41, 5.74) is -2.20. The Morgan fingerprint density at radius 2 is 1.07 bits per heavy atom. The topological polar surface area (TPSA) is 40.6 Å². The highest BCUT2D eigenvalue weighted by atomic mass is 35.5. The Bertz CT molecular complexity index is 272. The predicted molar refractivity (Wildman–Crippen MR) is 53.6 cm³/mol. The van der Waals surface area contributed by atoms with Gasteiger partial charge >= 0.3 is 0 Å². The standard InChI is InChI=1S/C8H12Cl2N2O2/c1-7(2)5(13)12(10)8(3,4)6(14)11(7)9/h1-4H3. The van der Waals surface area contributed by atoms with Crippen molar-refractivity contribution in [1.29, 1.82) is 0 Å². The van der Waals surface area contributed by atoms with E-state index in [-0.39, 0.29) is 0 Å². The summed E-state index contributed by atoms with van der Waals surface area (Å²) in [5.74, 6) is -0.780. The van der Waals surface area contributed by atoms with E-state index in [1.807, 2.05) is 0 Å². The van der Waals surface area contributed by atoms with Crippen molar-refractivity contribution in [1.82, 2.24) is 8.84 Å². The molecule has 0 N–H and O–H groups in total. The quantitative estimate of drug-likeness (QED) is 0.601. The van der Waals surface area contributed by atoms with Crippen LogP contribution in [0.25, 0.3) is 0 Å². The molecule has 0 radical (unpaired) electrons. The number of nitrogens with zero attached hydrogens (tertiary/aromatic N) is 2. The average molecular weight is 239 g/mol. The highest BCUT2D eigenvalue weighted by Gasteiger charge is 2.55. The molecular weight excluding hydrogens is 227 g/mol. The van der Waals surface area contributed by atoms with Crippen molar-refractivity contribution in [3.05, 3.63) is 0 Å². The summed E-state index contributed by atoms with van der Waals surface area (Å²) in [6.45, 7) is 6.19. The molecule has 0 unspecified atom stereocenters. The van der Waals surface area contributed by atoms with Crippen molar-refractivity contribution < 1.29 is 9.59 Å². The minimum absolute atomic E-state index is 0.390. The molecule has 1 rings (SSSR count). The fourth-order valence-electron chi connectivity index (χ4n) is 1.16. The second-order valence-electron chi connectivity index (χ2n) is 4.29. The van der Waals surface area contributed by atoms with E-state index in [1.165, 1.54) is 0 Å². The van der Waals surface area contributed by atoms with Crippen molar-refractivity contribution >= 4 is 35.4 Å². The summed E-state index contributed by atoms with van der Waals surface area (Å²) in [6.07, 6.45) is 0. The van der Waals surface area contributed by atoms with Crippen LogP contribution in [0.3, 0.4) is 0 Å². The number of amides is 2. The average Bonchev–Trinajstić information content (AvgIpc) is 2.11. The van der Waals surface area contributed by atoms with E-state index in [2.05, 4.69) is 0 Å². The van der Waals surface area contributed by atoms with Gasteiger partial charge in [-0.15, -0.1) is 0 Å². The lowest BCUT2D eigenvalue weighted by atomic mass is 9.92. The first-order valence-electron chi connectivity index (χ1n) is 4.14. The van der Waals surface area contributed by atoms with Crippen LogP contribution in [0.4, 0.5) is 0 Å². The van der Waals surface area contributed by atoms with Gasteiger partial charge in [0, 0.05) is 23.6 Å². The van der Waals surface area contributed by atoms with E-state index < -0.39 is 22.9 Å². The number of hydrogen-bond acceptors (Lipinski definition) is 2. The van der Waals surface area contributed by atoms with Gasteiger partial charge in [0.05, 0.1) is 0 Å². The number of halogens is 2. The number of carbonyl (C=O) groups excluding carboxylic acids is 2. The lowest BCUT2D eigenvalue weighted by Crippen LogP contribution is -2.68. The molecule has 1 aliphatic rings. The van der Waals surface area contributed by atoms with Crippen LogP contribution in [0.1, 0.15) is 27.7 Å². The van der Waals surface area contributed by atoms with Crippen LogP contribution in [0, 0.1) is 0 Å². The molecule has 0 spiro atoms. The van der Waals surface area contributed by atoms with Crippen LogP contribution >= 0.6 is 23.6 Å². The fourth-order valence-corrected chi connectivity index (χ4v) is 1.71. The Kier molecular flexibility index (Phi) is 2.49. The van der Waals surface area contributed by atoms with E-state index in [0.717, 1.165) is 8.84 Å².